The Morgan fingerprint density at radius 1 is 1.27 bits per heavy atom. The second-order valence-electron chi connectivity index (χ2n) is 4.82. The highest BCUT2D eigenvalue weighted by Gasteiger charge is 2.26. The van der Waals surface area contributed by atoms with E-state index in [1.807, 2.05) is 0 Å². The lowest BCUT2D eigenvalue weighted by Crippen LogP contribution is -2.35. The molecule has 0 heterocycles. The molecule has 0 aromatic rings. The van der Waals surface area contributed by atoms with Crippen LogP contribution >= 0.6 is 0 Å². The largest absolute Gasteiger partial charge is 0.311 e. The van der Waals surface area contributed by atoms with Gasteiger partial charge < -0.3 is 5.32 Å². The fourth-order valence-corrected chi connectivity index (χ4v) is 1.85. The molecule has 0 aliphatic rings. The first-order valence-corrected chi connectivity index (χ1v) is 6.44. The predicted octanol–water partition coefficient (Wildman–Crippen LogP) is 4.15. The smallest absolute Gasteiger partial charge is 0.0253 e. The van der Waals surface area contributed by atoms with Crippen LogP contribution in [0.3, 0.4) is 0 Å². The highest BCUT2D eigenvalue weighted by Crippen LogP contribution is 2.34. The van der Waals surface area contributed by atoms with Gasteiger partial charge in [-0.3, -0.25) is 0 Å². The Balaban J connectivity index is 4.17. The van der Waals surface area contributed by atoms with Gasteiger partial charge in [-0.15, -0.1) is 0 Å². The first-order chi connectivity index (χ1) is 7.01. The minimum Gasteiger partial charge on any atom is -0.311 e. The molecule has 0 bridgehead atoms. The maximum Gasteiger partial charge on any atom is 0.0253 e. The Morgan fingerprint density at radius 3 is 2.20 bits per heavy atom. The third-order valence-corrected chi connectivity index (χ3v) is 3.84. The van der Waals surface area contributed by atoms with Crippen molar-refractivity contribution < 1.29 is 0 Å². The van der Waals surface area contributed by atoms with Gasteiger partial charge in [0, 0.05) is 6.04 Å². The highest BCUT2D eigenvalue weighted by molar-refractivity contribution is 5.14. The van der Waals surface area contributed by atoms with Crippen molar-refractivity contribution in [2.45, 2.75) is 66.3 Å². The van der Waals surface area contributed by atoms with Crippen molar-refractivity contribution in [1.29, 1.82) is 0 Å². The second-order valence-corrected chi connectivity index (χ2v) is 4.82. The van der Waals surface area contributed by atoms with Crippen LogP contribution in [0.2, 0.25) is 0 Å². The maximum absolute atomic E-state index is 4.28. The summed E-state index contributed by atoms with van der Waals surface area (Å²) in [4.78, 5) is 0. The van der Waals surface area contributed by atoms with Crippen molar-refractivity contribution >= 4 is 0 Å². The molecule has 1 heteroatoms. The summed E-state index contributed by atoms with van der Waals surface area (Å²) >= 11 is 0. The quantitative estimate of drug-likeness (QED) is 0.470. The van der Waals surface area contributed by atoms with Crippen LogP contribution in [-0.2, 0) is 0 Å². The molecule has 1 N–H and O–H groups in total. The van der Waals surface area contributed by atoms with Gasteiger partial charge in [0.15, 0.2) is 0 Å². The van der Waals surface area contributed by atoms with Crippen LogP contribution in [0.4, 0.5) is 0 Å². The van der Waals surface area contributed by atoms with E-state index in [0.29, 0.717) is 11.5 Å². The molecule has 0 radical (unpaired) electrons. The van der Waals surface area contributed by atoms with Gasteiger partial charge >= 0.3 is 0 Å². The summed E-state index contributed by atoms with van der Waals surface area (Å²) in [6.07, 6.45) is 4.88. The van der Waals surface area contributed by atoms with E-state index in [1.165, 1.54) is 31.3 Å². The Morgan fingerprint density at radius 2 is 1.80 bits per heavy atom. The van der Waals surface area contributed by atoms with Crippen molar-refractivity contribution in [3.8, 4) is 0 Å². The van der Waals surface area contributed by atoms with E-state index in [9.17, 15) is 0 Å². The van der Waals surface area contributed by atoms with E-state index in [0.717, 1.165) is 6.54 Å². The summed E-state index contributed by atoms with van der Waals surface area (Å²) in [6.45, 7) is 16.7. The highest BCUT2D eigenvalue weighted by atomic mass is 14.9. The molecule has 0 aromatic carbocycles. The normalized spacial score (nSPS) is 13.9. The third-order valence-electron chi connectivity index (χ3n) is 3.84. The molecule has 1 unspecified atom stereocenters. The average molecular weight is 211 g/mol. The van der Waals surface area contributed by atoms with Crippen molar-refractivity contribution in [3.63, 3.8) is 0 Å². The molecule has 0 aliphatic heterocycles. The molecular formula is C14H29N. The van der Waals surface area contributed by atoms with Crippen LogP contribution in [0.15, 0.2) is 12.2 Å². The van der Waals surface area contributed by atoms with E-state index >= 15 is 0 Å². The van der Waals surface area contributed by atoms with Crippen LogP contribution in [0, 0.1) is 5.41 Å². The standard InChI is InChI=1S/C14H29N/c1-7-10-11-15-13(5)12(4)14(6,8-2)9-3/h13,15H,4,7-11H2,1-3,5-6H3. The van der Waals surface area contributed by atoms with Gasteiger partial charge in [0.1, 0.15) is 0 Å². The van der Waals surface area contributed by atoms with Crippen molar-refractivity contribution in [2.75, 3.05) is 6.54 Å². The van der Waals surface area contributed by atoms with Crippen molar-refractivity contribution in [2.24, 2.45) is 5.41 Å². The van der Waals surface area contributed by atoms with Crippen LogP contribution in [0.25, 0.3) is 0 Å². The molecule has 90 valence electrons. The van der Waals surface area contributed by atoms with Crippen LogP contribution < -0.4 is 5.32 Å². The van der Waals surface area contributed by atoms with Gasteiger partial charge in [0.05, 0.1) is 0 Å². The van der Waals surface area contributed by atoms with E-state index < -0.39 is 0 Å². The predicted molar refractivity (Wildman–Crippen MR) is 70.2 cm³/mol. The molecule has 0 rings (SSSR count). The summed E-state index contributed by atoms with van der Waals surface area (Å²) in [5.74, 6) is 0. The average Bonchev–Trinajstić information content (AvgIpc) is 2.27. The van der Waals surface area contributed by atoms with E-state index in [4.69, 9.17) is 0 Å². The van der Waals surface area contributed by atoms with Crippen molar-refractivity contribution in [3.05, 3.63) is 12.2 Å². The van der Waals surface area contributed by atoms with Gasteiger partial charge in [0.2, 0.25) is 0 Å². The fourth-order valence-electron chi connectivity index (χ4n) is 1.85. The number of hydrogen-bond acceptors (Lipinski definition) is 1. The lowest BCUT2D eigenvalue weighted by molar-refractivity contribution is 0.336. The van der Waals surface area contributed by atoms with Gasteiger partial charge in [-0.1, -0.05) is 46.3 Å². The molecule has 15 heavy (non-hydrogen) atoms. The summed E-state index contributed by atoms with van der Waals surface area (Å²) in [5, 5.41) is 3.56. The minimum absolute atomic E-state index is 0.304. The molecule has 0 saturated heterocycles. The van der Waals surface area contributed by atoms with E-state index in [-0.39, 0.29) is 0 Å². The number of rotatable bonds is 8. The monoisotopic (exact) mass is 211 g/mol. The number of unbranched alkanes of at least 4 members (excludes halogenated alkanes) is 1. The Bertz CT molecular complexity index is 180. The van der Waals surface area contributed by atoms with Crippen LogP contribution in [0.5, 0.6) is 0 Å². The molecular weight excluding hydrogens is 182 g/mol. The maximum atomic E-state index is 4.28. The third kappa shape index (κ3) is 4.38. The second kappa shape index (κ2) is 7.05. The number of hydrogen-bond donors (Lipinski definition) is 1. The Kier molecular flexibility index (Phi) is 6.91. The topological polar surface area (TPSA) is 12.0 Å². The van der Waals surface area contributed by atoms with Crippen molar-refractivity contribution in [1.82, 2.24) is 5.32 Å². The molecule has 0 saturated carbocycles. The first-order valence-electron chi connectivity index (χ1n) is 6.44. The first kappa shape index (κ1) is 14.7. The van der Waals surface area contributed by atoms with E-state index in [1.54, 1.807) is 0 Å². The summed E-state index contributed by atoms with van der Waals surface area (Å²) < 4.78 is 0. The van der Waals surface area contributed by atoms with Gasteiger partial charge in [-0.25, -0.2) is 0 Å². The molecule has 1 nitrogen and oxygen atoms in total. The summed E-state index contributed by atoms with van der Waals surface area (Å²) in [7, 11) is 0. The minimum atomic E-state index is 0.304. The Labute approximate surface area is 96.3 Å². The SMILES string of the molecule is C=C(C(C)NCCCC)C(C)(CC)CC. The van der Waals surface area contributed by atoms with Crippen LogP contribution in [0.1, 0.15) is 60.3 Å². The summed E-state index contributed by atoms with van der Waals surface area (Å²) in [5.41, 5.74) is 1.67. The fraction of sp³-hybridized carbons (Fsp3) is 0.857. The molecule has 1 atom stereocenters. The van der Waals surface area contributed by atoms with Gasteiger partial charge in [0.25, 0.3) is 0 Å². The van der Waals surface area contributed by atoms with Gasteiger partial charge in [-0.2, -0.15) is 0 Å². The summed E-state index contributed by atoms with van der Waals surface area (Å²) in [6, 6.07) is 0.446. The zero-order chi connectivity index (χ0) is 11.9. The van der Waals surface area contributed by atoms with Crippen LogP contribution in [-0.4, -0.2) is 12.6 Å². The molecule has 0 spiro atoms. The van der Waals surface area contributed by atoms with Gasteiger partial charge in [-0.05, 0) is 38.1 Å². The zero-order valence-corrected chi connectivity index (χ0v) is 11.3. The lowest BCUT2D eigenvalue weighted by atomic mass is 9.75. The molecule has 0 amide bonds. The zero-order valence-electron chi connectivity index (χ0n) is 11.3. The molecule has 0 fully saturated rings. The van der Waals surface area contributed by atoms with E-state index in [2.05, 4.69) is 46.5 Å². The number of nitrogens with one attached hydrogen (secondary N) is 1. The molecule has 0 aliphatic carbocycles. The Hall–Kier alpha value is -0.300. The molecule has 0 aromatic heterocycles. The lowest BCUT2D eigenvalue weighted by Gasteiger charge is -2.33.